The minimum absolute atomic E-state index is 0. The van der Waals surface area contributed by atoms with Crippen molar-refractivity contribution < 1.29 is 13.7 Å². The largest absolute Gasteiger partial charge is 0.342 e. The molecular weight excluding hydrogens is 335 g/mol. The van der Waals surface area contributed by atoms with E-state index in [4.69, 9.17) is 4.52 Å². The van der Waals surface area contributed by atoms with Crippen LogP contribution in [0.25, 0.3) is 0 Å². The van der Waals surface area contributed by atoms with Crippen LogP contribution in [0.5, 0.6) is 0 Å². The Kier molecular flexibility index (Phi) is 6.28. The molecule has 0 spiro atoms. The molecule has 1 amide bonds. The van der Waals surface area contributed by atoms with Gasteiger partial charge in [0.05, 0.1) is 0 Å². The molecule has 130 valence electrons. The van der Waals surface area contributed by atoms with Crippen LogP contribution in [-0.2, 0) is 4.79 Å². The molecule has 1 aliphatic rings. The van der Waals surface area contributed by atoms with Crippen molar-refractivity contribution >= 4 is 18.3 Å². The molecule has 1 aliphatic heterocycles. The molecule has 1 aromatic heterocycles. The van der Waals surface area contributed by atoms with E-state index in [1.54, 1.807) is 25.1 Å². The Bertz CT molecular complexity index is 688. The van der Waals surface area contributed by atoms with Crippen LogP contribution in [0, 0.1) is 18.7 Å². The summed E-state index contributed by atoms with van der Waals surface area (Å²) in [6, 6.07) is 5.54. The normalized spacial score (nSPS) is 16.2. The van der Waals surface area contributed by atoms with Gasteiger partial charge in [-0.05, 0) is 32.0 Å². The molecule has 0 saturated carbocycles. The van der Waals surface area contributed by atoms with Crippen molar-refractivity contribution in [3.05, 3.63) is 47.4 Å². The highest BCUT2D eigenvalue weighted by Gasteiger charge is 2.28. The van der Waals surface area contributed by atoms with Crippen molar-refractivity contribution in [3.8, 4) is 0 Å². The van der Waals surface area contributed by atoms with Gasteiger partial charge in [0, 0.05) is 18.4 Å². The molecular formula is C16H20ClFN4O2. The standard InChI is InChI=1S/C16H19FN4O2.ClH/c1-10-19-15(21-23-10)14(12-4-2-3-5-13(12)17)20-16(22)11-6-8-18-9-7-11;/h2-5,11,14,18H,6-9H2,1H3,(H,20,22);1H. The van der Waals surface area contributed by atoms with Gasteiger partial charge in [-0.3, -0.25) is 4.79 Å². The molecule has 2 aromatic rings. The van der Waals surface area contributed by atoms with Gasteiger partial charge in [-0.25, -0.2) is 4.39 Å². The molecule has 1 saturated heterocycles. The topological polar surface area (TPSA) is 80.0 Å². The first-order valence-corrected chi connectivity index (χ1v) is 7.71. The zero-order chi connectivity index (χ0) is 16.2. The van der Waals surface area contributed by atoms with Crippen molar-refractivity contribution in [2.45, 2.75) is 25.8 Å². The number of carbonyl (C=O) groups is 1. The van der Waals surface area contributed by atoms with E-state index in [0.717, 1.165) is 25.9 Å². The number of nitrogens with zero attached hydrogens (tertiary/aromatic N) is 2. The van der Waals surface area contributed by atoms with Crippen LogP contribution in [0.15, 0.2) is 28.8 Å². The second-order valence-corrected chi connectivity index (χ2v) is 5.66. The highest BCUT2D eigenvalue weighted by atomic mass is 35.5. The second-order valence-electron chi connectivity index (χ2n) is 5.66. The maximum absolute atomic E-state index is 14.2. The van der Waals surface area contributed by atoms with Gasteiger partial charge in [0.1, 0.15) is 11.9 Å². The van der Waals surface area contributed by atoms with E-state index >= 15 is 0 Å². The highest BCUT2D eigenvalue weighted by Crippen LogP contribution is 2.24. The van der Waals surface area contributed by atoms with Crippen LogP contribution in [0.1, 0.15) is 36.2 Å². The van der Waals surface area contributed by atoms with E-state index in [-0.39, 0.29) is 30.1 Å². The lowest BCUT2D eigenvalue weighted by Gasteiger charge is -2.24. The van der Waals surface area contributed by atoms with Gasteiger partial charge in [-0.2, -0.15) is 4.98 Å². The summed E-state index contributed by atoms with van der Waals surface area (Å²) in [7, 11) is 0. The van der Waals surface area contributed by atoms with E-state index in [2.05, 4.69) is 20.8 Å². The van der Waals surface area contributed by atoms with Crippen molar-refractivity contribution in [2.75, 3.05) is 13.1 Å². The van der Waals surface area contributed by atoms with E-state index in [1.807, 2.05) is 0 Å². The summed E-state index contributed by atoms with van der Waals surface area (Å²) in [4.78, 5) is 16.7. The van der Waals surface area contributed by atoms with Crippen molar-refractivity contribution in [1.29, 1.82) is 0 Å². The van der Waals surface area contributed by atoms with E-state index < -0.39 is 11.9 Å². The van der Waals surface area contributed by atoms with Gasteiger partial charge in [-0.1, -0.05) is 23.4 Å². The fraction of sp³-hybridized carbons (Fsp3) is 0.438. The quantitative estimate of drug-likeness (QED) is 0.879. The average molecular weight is 355 g/mol. The first-order chi connectivity index (χ1) is 11.1. The molecule has 8 heteroatoms. The fourth-order valence-corrected chi connectivity index (χ4v) is 2.77. The van der Waals surface area contributed by atoms with Gasteiger partial charge < -0.3 is 15.2 Å². The van der Waals surface area contributed by atoms with Crippen LogP contribution in [0.4, 0.5) is 4.39 Å². The highest BCUT2D eigenvalue weighted by molar-refractivity contribution is 5.85. The lowest BCUT2D eigenvalue weighted by atomic mass is 9.96. The Hall–Kier alpha value is -1.99. The second kappa shape index (κ2) is 8.21. The summed E-state index contributed by atoms with van der Waals surface area (Å²) in [6.07, 6.45) is 1.53. The molecule has 24 heavy (non-hydrogen) atoms. The number of aromatic nitrogens is 2. The maximum Gasteiger partial charge on any atom is 0.224 e. The fourth-order valence-electron chi connectivity index (χ4n) is 2.77. The number of hydrogen-bond acceptors (Lipinski definition) is 5. The van der Waals surface area contributed by atoms with Gasteiger partial charge >= 0.3 is 0 Å². The minimum Gasteiger partial charge on any atom is -0.342 e. The molecule has 2 N–H and O–H groups in total. The molecule has 0 bridgehead atoms. The first-order valence-electron chi connectivity index (χ1n) is 7.71. The number of rotatable bonds is 4. The Morgan fingerprint density at radius 1 is 1.38 bits per heavy atom. The van der Waals surface area contributed by atoms with Crippen molar-refractivity contribution in [1.82, 2.24) is 20.8 Å². The molecule has 1 fully saturated rings. The number of piperidine rings is 1. The third-order valence-corrected chi connectivity index (χ3v) is 4.01. The van der Waals surface area contributed by atoms with E-state index in [0.29, 0.717) is 11.5 Å². The molecule has 1 atom stereocenters. The number of benzene rings is 1. The molecule has 2 heterocycles. The van der Waals surface area contributed by atoms with Crippen LogP contribution in [0.2, 0.25) is 0 Å². The third-order valence-electron chi connectivity index (χ3n) is 4.01. The van der Waals surface area contributed by atoms with Crippen LogP contribution in [0.3, 0.4) is 0 Å². The Labute approximate surface area is 145 Å². The average Bonchev–Trinajstić information content (AvgIpc) is 3.00. The summed E-state index contributed by atoms with van der Waals surface area (Å²) in [5, 5.41) is 9.95. The monoisotopic (exact) mass is 354 g/mol. The molecule has 1 unspecified atom stereocenters. The van der Waals surface area contributed by atoms with E-state index in [9.17, 15) is 9.18 Å². The summed E-state index contributed by atoms with van der Waals surface area (Å²) in [5.74, 6) is 0.0265. The number of amides is 1. The molecule has 6 nitrogen and oxygen atoms in total. The Balaban J connectivity index is 0.00000208. The first kappa shape index (κ1) is 18.4. The van der Waals surface area contributed by atoms with Crippen molar-refractivity contribution in [2.24, 2.45) is 5.92 Å². The Morgan fingerprint density at radius 2 is 2.08 bits per heavy atom. The smallest absolute Gasteiger partial charge is 0.224 e. The molecule has 0 radical (unpaired) electrons. The maximum atomic E-state index is 14.2. The number of halogens is 2. The predicted octanol–water partition coefficient (Wildman–Crippen LogP) is 2.14. The molecule has 1 aromatic carbocycles. The summed E-state index contributed by atoms with van der Waals surface area (Å²) < 4.78 is 19.2. The minimum atomic E-state index is -0.754. The van der Waals surface area contributed by atoms with E-state index in [1.165, 1.54) is 6.07 Å². The van der Waals surface area contributed by atoms with Crippen molar-refractivity contribution in [3.63, 3.8) is 0 Å². The third kappa shape index (κ3) is 4.10. The summed E-state index contributed by atoms with van der Waals surface area (Å²) in [6.45, 7) is 3.27. The van der Waals surface area contributed by atoms with Gasteiger partial charge in [-0.15, -0.1) is 12.4 Å². The van der Waals surface area contributed by atoms with Gasteiger partial charge in [0.25, 0.3) is 0 Å². The van der Waals surface area contributed by atoms with Gasteiger partial charge in [0.2, 0.25) is 11.8 Å². The Morgan fingerprint density at radius 3 is 2.71 bits per heavy atom. The number of nitrogens with one attached hydrogen (secondary N) is 2. The summed E-state index contributed by atoms with van der Waals surface area (Å²) in [5.41, 5.74) is 0.329. The lowest BCUT2D eigenvalue weighted by molar-refractivity contribution is -0.126. The zero-order valence-corrected chi connectivity index (χ0v) is 14.1. The van der Waals surface area contributed by atoms with Crippen LogP contribution >= 0.6 is 12.4 Å². The lowest BCUT2D eigenvalue weighted by Crippen LogP contribution is -2.40. The zero-order valence-electron chi connectivity index (χ0n) is 13.3. The number of carbonyl (C=O) groups excluding carboxylic acids is 1. The molecule has 0 aliphatic carbocycles. The predicted molar refractivity (Wildman–Crippen MR) is 88.3 cm³/mol. The van der Waals surface area contributed by atoms with Crippen LogP contribution < -0.4 is 10.6 Å². The number of aryl methyl sites for hydroxylation is 1. The SMILES string of the molecule is Cc1nc(C(NC(=O)C2CCNCC2)c2ccccc2F)no1.Cl. The number of hydrogen-bond donors (Lipinski definition) is 2. The van der Waals surface area contributed by atoms with Crippen LogP contribution in [-0.4, -0.2) is 29.1 Å². The molecule has 3 rings (SSSR count). The summed E-state index contributed by atoms with van der Waals surface area (Å²) >= 11 is 0. The van der Waals surface area contributed by atoms with Gasteiger partial charge in [0.15, 0.2) is 5.82 Å².